The Balaban J connectivity index is 2.44. The Morgan fingerprint density at radius 2 is 2.11 bits per heavy atom. The molecule has 5 nitrogen and oxygen atoms in total. The van der Waals surface area contributed by atoms with Crippen LogP contribution < -0.4 is 10.5 Å². The molecule has 19 heavy (non-hydrogen) atoms. The lowest BCUT2D eigenvalue weighted by Gasteiger charge is -2.09. The Bertz CT molecular complexity index is 758. The summed E-state index contributed by atoms with van der Waals surface area (Å²) in [5, 5.41) is 10.8. The number of aryl methyl sites for hydroxylation is 1. The Hall–Kier alpha value is -2.04. The van der Waals surface area contributed by atoms with Crippen LogP contribution in [0, 0.1) is 18.3 Å². The first-order valence-corrected chi connectivity index (χ1v) is 7.67. The summed E-state index contributed by atoms with van der Waals surface area (Å²) in [6.07, 6.45) is 0. The summed E-state index contributed by atoms with van der Waals surface area (Å²) in [5.74, 6) is 0. The third-order valence-electron chi connectivity index (χ3n) is 2.51. The molecule has 0 amide bonds. The average Bonchev–Trinajstić information content (AvgIpc) is 2.78. The van der Waals surface area contributed by atoms with Gasteiger partial charge in [0.05, 0.1) is 10.5 Å². The van der Waals surface area contributed by atoms with Crippen molar-refractivity contribution in [2.45, 2.75) is 11.8 Å². The Morgan fingerprint density at radius 3 is 2.79 bits per heavy atom. The van der Waals surface area contributed by atoms with Gasteiger partial charge in [0.15, 0.2) is 0 Å². The van der Waals surface area contributed by atoms with E-state index < -0.39 is 10.0 Å². The van der Waals surface area contributed by atoms with Crippen molar-refractivity contribution in [2.75, 3.05) is 10.5 Å². The van der Waals surface area contributed by atoms with Crippen molar-refractivity contribution in [3.63, 3.8) is 0 Å². The molecule has 2 rings (SSSR count). The predicted octanol–water partition coefficient (Wildman–Crippen LogP) is 2.31. The molecule has 1 aromatic carbocycles. The molecule has 0 unspecified atom stereocenters. The Labute approximate surface area is 115 Å². The minimum absolute atomic E-state index is 0.116. The van der Waals surface area contributed by atoms with Crippen molar-refractivity contribution in [1.29, 1.82) is 5.26 Å². The number of sulfonamides is 1. The van der Waals surface area contributed by atoms with Gasteiger partial charge in [0.2, 0.25) is 0 Å². The molecule has 0 saturated carbocycles. The molecule has 0 aliphatic heterocycles. The van der Waals surface area contributed by atoms with Gasteiger partial charge in [-0.15, -0.1) is 11.3 Å². The van der Waals surface area contributed by atoms with Gasteiger partial charge in [-0.05, 0) is 36.1 Å². The van der Waals surface area contributed by atoms with Gasteiger partial charge in [0, 0.05) is 5.69 Å². The number of nitrogen functional groups attached to an aromatic ring is 1. The highest BCUT2D eigenvalue weighted by molar-refractivity contribution is 7.93. The quantitative estimate of drug-likeness (QED) is 0.849. The molecule has 3 N–H and O–H groups in total. The molecular weight excluding hydrogens is 282 g/mol. The molecule has 1 heterocycles. The molecule has 0 aliphatic carbocycles. The van der Waals surface area contributed by atoms with Gasteiger partial charge < -0.3 is 5.73 Å². The first-order chi connectivity index (χ1) is 8.94. The highest BCUT2D eigenvalue weighted by Gasteiger charge is 2.19. The Morgan fingerprint density at radius 1 is 1.37 bits per heavy atom. The lowest BCUT2D eigenvalue weighted by atomic mass is 10.2. The highest BCUT2D eigenvalue weighted by Crippen LogP contribution is 2.27. The van der Waals surface area contributed by atoms with Crippen LogP contribution in [0.25, 0.3) is 0 Å². The van der Waals surface area contributed by atoms with Gasteiger partial charge in [-0.25, -0.2) is 8.42 Å². The molecule has 2 aromatic rings. The van der Waals surface area contributed by atoms with Crippen LogP contribution in [0.4, 0.5) is 10.7 Å². The summed E-state index contributed by atoms with van der Waals surface area (Å²) >= 11 is 1.16. The smallest absolute Gasteiger partial charge is 0.262 e. The molecule has 0 aliphatic rings. The maximum Gasteiger partial charge on any atom is 0.262 e. The molecule has 0 bridgehead atoms. The zero-order valence-corrected chi connectivity index (χ0v) is 11.7. The second-order valence-electron chi connectivity index (χ2n) is 3.91. The van der Waals surface area contributed by atoms with Crippen LogP contribution in [0.1, 0.15) is 11.1 Å². The molecule has 0 atom stereocenters. The number of nitrogens with zero attached hydrogens (tertiary/aromatic N) is 1. The van der Waals surface area contributed by atoms with Gasteiger partial charge >= 0.3 is 0 Å². The maximum absolute atomic E-state index is 12.3. The van der Waals surface area contributed by atoms with Crippen molar-refractivity contribution in [2.24, 2.45) is 0 Å². The topological polar surface area (TPSA) is 96.0 Å². The molecule has 0 radical (unpaired) electrons. The van der Waals surface area contributed by atoms with Crippen LogP contribution in [0.5, 0.6) is 0 Å². The number of nitrogens with two attached hydrogens (primary N) is 1. The number of hydrogen-bond acceptors (Lipinski definition) is 5. The van der Waals surface area contributed by atoms with E-state index in [1.807, 2.05) is 6.07 Å². The number of nitriles is 1. The maximum atomic E-state index is 12.3. The van der Waals surface area contributed by atoms with Crippen LogP contribution in [0.15, 0.2) is 34.5 Å². The van der Waals surface area contributed by atoms with Crippen LogP contribution in [0.2, 0.25) is 0 Å². The fourth-order valence-electron chi connectivity index (χ4n) is 1.56. The first kappa shape index (κ1) is 13.4. The van der Waals surface area contributed by atoms with E-state index in [9.17, 15) is 8.42 Å². The van der Waals surface area contributed by atoms with E-state index in [0.717, 1.165) is 11.3 Å². The average molecular weight is 293 g/mol. The van der Waals surface area contributed by atoms with E-state index in [-0.39, 0.29) is 4.90 Å². The summed E-state index contributed by atoms with van der Waals surface area (Å²) in [6, 6.07) is 8.18. The fraction of sp³-hybridized carbons (Fsp3) is 0.0833. The van der Waals surface area contributed by atoms with E-state index in [0.29, 0.717) is 21.8 Å². The summed E-state index contributed by atoms with van der Waals surface area (Å²) in [6.45, 7) is 1.69. The van der Waals surface area contributed by atoms with Crippen molar-refractivity contribution < 1.29 is 8.42 Å². The second kappa shape index (κ2) is 4.91. The fourth-order valence-corrected chi connectivity index (χ4v) is 3.91. The molecule has 7 heteroatoms. The summed E-state index contributed by atoms with van der Waals surface area (Å²) < 4.78 is 27.0. The Kier molecular flexibility index (Phi) is 3.46. The first-order valence-electron chi connectivity index (χ1n) is 5.30. The third-order valence-corrected chi connectivity index (χ3v) is 4.97. The lowest BCUT2D eigenvalue weighted by Crippen LogP contribution is -2.14. The summed E-state index contributed by atoms with van der Waals surface area (Å²) in [7, 11) is -3.74. The molecule has 98 valence electrons. The number of anilines is 2. The minimum Gasteiger partial charge on any atom is -0.399 e. The van der Waals surface area contributed by atoms with Crippen molar-refractivity contribution >= 4 is 32.0 Å². The van der Waals surface area contributed by atoms with E-state index in [1.54, 1.807) is 30.5 Å². The minimum atomic E-state index is -3.74. The number of hydrogen-bond donors (Lipinski definition) is 2. The van der Waals surface area contributed by atoms with Crippen LogP contribution in [0.3, 0.4) is 0 Å². The number of nitrogens with one attached hydrogen (secondary N) is 1. The lowest BCUT2D eigenvalue weighted by molar-refractivity contribution is 0.601. The third kappa shape index (κ3) is 2.70. The van der Waals surface area contributed by atoms with Gasteiger partial charge in [-0.1, -0.05) is 6.07 Å². The van der Waals surface area contributed by atoms with Crippen molar-refractivity contribution in [1.82, 2.24) is 0 Å². The predicted molar refractivity (Wildman–Crippen MR) is 75.4 cm³/mol. The zero-order valence-electron chi connectivity index (χ0n) is 10.0. The van der Waals surface area contributed by atoms with E-state index in [1.165, 1.54) is 6.07 Å². The van der Waals surface area contributed by atoms with E-state index in [4.69, 9.17) is 11.0 Å². The molecule has 0 saturated heterocycles. The van der Waals surface area contributed by atoms with Crippen molar-refractivity contribution in [3.05, 3.63) is 40.8 Å². The summed E-state index contributed by atoms with van der Waals surface area (Å²) in [4.78, 5) is 0.116. The van der Waals surface area contributed by atoms with E-state index >= 15 is 0 Å². The van der Waals surface area contributed by atoms with Gasteiger partial charge in [-0.3, -0.25) is 4.72 Å². The number of benzene rings is 1. The monoisotopic (exact) mass is 293 g/mol. The number of rotatable bonds is 3. The highest BCUT2D eigenvalue weighted by atomic mass is 32.2. The van der Waals surface area contributed by atoms with Gasteiger partial charge in [0.1, 0.15) is 11.1 Å². The standard InChI is InChI=1S/C12H11N3O2S2/c1-8-2-3-10(14)6-11(8)19(16,17)15-12-9(7-13)4-5-18-12/h2-6,15H,14H2,1H3. The SMILES string of the molecule is Cc1ccc(N)cc1S(=O)(=O)Nc1sccc1C#N. The molecular formula is C12H11N3O2S2. The van der Waals surface area contributed by atoms with Gasteiger partial charge in [0.25, 0.3) is 10.0 Å². The van der Waals surface area contributed by atoms with Gasteiger partial charge in [-0.2, -0.15) is 5.26 Å². The van der Waals surface area contributed by atoms with Crippen molar-refractivity contribution in [3.8, 4) is 6.07 Å². The molecule has 0 fully saturated rings. The molecule has 1 aromatic heterocycles. The number of thiophene rings is 1. The zero-order chi connectivity index (χ0) is 14.0. The second-order valence-corrected chi connectivity index (χ2v) is 6.47. The van der Waals surface area contributed by atoms with Crippen LogP contribution in [-0.4, -0.2) is 8.42 Å². The summed E-state index contributed by atoms with van der Waals surface area (Å²) in [5.41, 5.74) is 6.88. The van der Waals surface area contributed by atoms with Crippen LogP contribution in [-0.2, 0) is 10.0 Å². The molecule has 0 spiro atoms. The van der Waals surface area contributed by atoms with Crippen LogP contribution >= 0.6 is 11.3 Å². The van der Waals surface area contributed by atoms with E-state index in [2.05, 4.69) is 4.72 Å². The largest absolute Gasteiger partial charge is 0.399 e. The normalized spacial score (nSPS) is 10.9.